The van der Waals surface area contributed by atoms with Crippen LogP contribution in [0.3, 0.4) is 0 Å². The molecule has 2 rings (SSSR count). The van der Waals surface area contributed by atoms with Gasteiger partial charge in [-0.25, -0.2) is 13.2 Å². The van der Waals surface area contributed by atoms with Crippen molar-refractivity contribution in [1.82, 2.24) is 0 Å². The second-order valence-corrected chi connectivity index (χ2v) is 3.77. The number of alkyl halides is 2. The van der Waals surface area contributed by atoms with Crippen LogP contribution in [0.5, 0.6) is 0 Å². The molecule has 1 atom stereocenters. The number of anilines is 1. The summed E-state index contributed by atoms with van der Waals surface area (Å²) in [7, 11) is 0. The molecule has 0 aromatic heterocycles. The van der Waals surface area contributed by atoms with Gasteiger partial charge in [0.1, 0.15) is 11.9 Å². The van der Waals surface area contributed by atoms with Gasteiger partial charge in [0.2, 0.25) is 5.91 Å². The molecule has 1 aliphatic heterocycles. The normalized spacial score (nSPS) is 19.1. The van der Waals surface area contributed by atoms with Crippen molar-refractivity contribution >= 4 is 11.6 Å². The Kier molecular flexibility index (Phi) is 2.61. The standard InChI is InChI=1S/C11H10F3NO/c1-6(16)15-9-3-2-8(12)4-7(9)5-10(15)11(13)14/h2-4,10-11H,5H2,1H3. The van der Waals surface area contributed by atoms with E-state index in [2.05, 4.69) is 0 Å². The summed E-state index contributed by atoms with van der Waals surface area (Å²) in [4.78, 5) is 12.3. The van der Waals surface area contributed by atoms with Crippen LogP contribution < -0.4 is 4.90 Å². The first-order valence-corrected chi connectivity index (χ1v) is 4.87. The van der Waals surface area contributed by atoms with Crippen LogP contribution in [0.1, 0.15) is 12.5 Å². The highest BCUT2D eigenvalue weighted by molar-refractivity contribution is 5.94. The third-order valence-corrected chi connectivity index (χ3v) is 2.69. The SMILES string of the molecule is CC(=O)N1c2ccc(F)cc2CC1C(F)F. The zero-order valence-electron chi connectivity index (χ0n) is 8.58. The van der Waals surface area contributed by atoms with E-state index in [0.29, 0.717) is 11.3 Å². The number of hydrogen-bond donors (Lipinski definition) is 0. The lowest BCUT2D eigenvalue weighted by Crippen LogP contribution is -2.40. The Balaban J connectivity index is 2.45. The molecule has 1 heterocycles. The molecule has 0 N–H and O–H groups in total. The molecule has 0 saturated heterocycles. The van der Waals surface area contributed by atoms with Crippen LogP contribution in [0.2, 0.25) is 0 Å². The second-order valence-electron chi connectivity index (χ2n) is 3.77. The van der Waals surface area contributed by atoms with Crippen molar-refractivity contribution in [2.75, 3.05) is 4.90 Å². The molecule has 86 valence electrons. The van der Waals surface area contributed by atoms with E-state index >= 15 is 0 Å². The first-order chi connectivity index (χ1) is 7.50. The van der Waals surface area contributed by atoms with Gasteiger partial charge in [-0.05, 0) is 23.8 Å². The largest absolute Gasteiger partial charge is 0.303 e. The minimum absolute atomic E-state index is 0.00431. The third-order valence-electron chi connectivity index (χ3n) is 2.69. The van der Waals surface area contributed by atoms with Crippen molar-refractivity contribution in [3.63, 3.8) is 0 Å². The molecule has 5 heteroatoms. The van der Waals surface area contributed by atoms with E-state index in [-0.39, 0.29) is 6.42 Å². The number of halogens is 3. The molecular formula is C11H10F3NO. The van der Waals surface area contributed by atoms with Crippen LogP contribution in [0.15, 0.2) is 18.2 Å². The Morgan fingerprint density at radius 2 is 2.19 bits per heavy atom. The Morgan fingerprint density at radius 1 is 1.50 bits per heavy atom. The molecule has 1 aromatic carbocycles. The number of fused-ring (bicyclic) bond motifs is 1. The number of carbonyl (C=O) groups is 1. The number of hydrogen-bond acceptors (Lipinski definition) is 1. The summed E-state index contributed by atoms with van der Waals surface area (Å²) in [6.45, 7) is 1.23. The van der Waals surface area contributed by atoms with Gasteiger partial charge in [-0.3, -0.25) is 4.79 Å². The van der Waals surface area contributed by atoms with E-state index in [4.69, 9.17) is 0 Å². The monoisotopic (exact) mass is 229 g/mol. The molecule has 1 aliphatic rings. The smallest absolute Gasteiger partial charge is 0.259 e. The zero-order valence-corrected chi connectivity index (χ0v) is 8.58. The van der Waals surface area contributed by atoms with Crippen molar-refractivity contribution in [2.45, 2.75) is 25.8 Å². The Morgan fingerprint density at radius 3 is 2.75 bits per heavy atom. The summed E-state index contributed by atoms with van der Waals surface area (Å²) in [6, 6.07) is 2.57. The number of amides is 1. The van der Waals surface area contributed by atoms with Gasteiger partial charge in [0.25, 0.3) is 6.43 Å². The predicted molar refractivity (Wildman–Crippen MR) is 53.1 cm³/mol. The summed E-state index contributed by atoms with van der Waals surface area (Å²) < 4.78 is 38.4. The Bertz CT molecular complexity index is 433. The average molecular weight is 229 g/mol. The van der Waals surface area contributed by atoms with Crippen LogP contribution in [-0.4, -0.2) is 18.4 Å². The van der Waals surface area contributed by atoms with Crippen molar-refractivity contribution in [2.24, 2.45) is 0 Å². The molecule has 0 bridgehead atoms. The summed E-state index contributed by atoms with van der Waals surface area (Å²) in [5.41, 5.74) is 0.847. The quantitative estimate of drug-likeness (QED) is 0.724. The first kappa shape index (κ1) is 11.0. The van der Waals surface area contributed by atoms with Gasteiger partial charge in [0, 0.05) is 19.0 Å². The van der Waals surface area contributed by atoms with Gasteiger partial charge < -0.3 is 4.90 Å². The van der Waals surface area contributed by atoms with E-state index in [9.17, 15) is 18.0 Å². The number of nitrogens with zero attached hydrogens (tertiary/aromatic N) is 1. The topological polar surface area (TPSA) is 20.3 Å². The van der Waals surface area contributed by atoms with Gasteiger partial charge in [-0.1, -0.05) is 0 Å². The van der Waals surface area contributed by atoms with Crippen LogP contribution in [-0.2, 0) is 11.2 Å². The number of rotatable bonds is 1. The fraction of sp³-hybridized carbons (Fsp3) is 0.364. The van der Waals surface area contributed by atoms with Crippen LogP contribution >= 0.6 is 0 Å². The maximum Gasteiger partial charge on any atom is 0.259 e. The van der Waals surface area contributed by atoms with E-state index in [0.717, 1.165) is 4.90 Å². The third kappa shape index (κ3) is 1.66. The van der Waals surface area contributed by atoms with Gasteiger partial charge in [0.05, 0.1) is 0 Å². The molecule has 1 aromatic rings. The molecule has 0 saturated carbocycles. The van der Waals surface area contributed by atoms with Crippen LogP contribution in [0.25, 0.3) is 0 Å². The maximum atomic E-state index is 12.9. The summed E-state index contributed by atoms with van der Waals surface area (Å²) >= 11 is 0. The minimum Gasteiger partial charge on any atom is -0.303 e. The lowest BCUT2D eigenvalue weighted by molar-refractivity contribution is -0.117. The lowest BCUT2D eigenvalue weighted by atomic mass is 10.1. The molecule has 0 radical (unpaired) electrons. The van der Waals surface area contributed by atoms with Crippen molar-refractivity contribution in [3.05, 3.63) is 29.6 Å². The highest BCUT2D eigenvalue weighted by atomic mass is 19.3. The first-order valence-electron chi connectivity index (χ1n) is 4.87. The minimum atomic E-state index is -2.63. The summed E-state index contributed by atoms with van der Waals surface area (Å²) in [5.74, 6) is -0.923. The van der Waals surface area contributed by atoms with Gasteiger partial charge in [0.15, 0.2) is 0 Å². The van der Waals surface area contributed by atoms with E-state index in [1.807, 2.05) is 0 Å². The fourth-order valence-corrected chi connectivity index (χ4v) is 2.05. The predicted octanol–water partition coefficient (Wildman–Crippen LogP) is 2.37. The highest BCUT2D eigenvalue weighted by Crippen LogP contribution is 2.35. The maximum absolute atomic E-state index is 12.9. The molecule has 1 amide bonds. The second kappa shape index (κ2) is 3.81. The summed E-state index contributed by atoms with van der Waals surface area (Å²) in [5, 5.41) is 0. The van der Waals surface area contributed by atoms with Crippen molar-refractivity contribution < 1.29 is 18.0 Å². The van der Waals surface area contributed by atoms with Crippen LogP contribution in [0, 0.1) is 5.82 Å². The molecule has 1 unspecified atom stereocenters. The molecule has 0 fully saturated rings. The van der Waals surface area contributed by atoms with Gasteiger partial charge >= 0.3 is 0 Å². The van der Waals surface area contributed by atoms with Crippen LogP contribution in [0.4, 0.5) is 18.9 Å². The molecular weight excluding hydrogens is 219 g/mol. The molecule has 2 nitrogen and oxygen atoms in total. The van der Waals surface area contributed by atoms with E-state index in [1.165, 1.54) is 25.1 Å². The Hall–Kier alpha value is -1.52. The van der Waals surface area contributed by atoms with Crippen molar-refractivity contribution in [3.8, 4) is 0 Å². The molecule has 0 aliphatic carbocycles. The van der Waals surface area contributed by atoms with E-state index < -0.39 is 24.2 Å². The fourth-order valence-electron chi connectivity index (χ4n) is 2.05. The molecule has 16 heavy (non-hydrogen) atoms. The summed E-state index contributed by atoms with van der Waals surface area (Å²) in [6.07, 6.45) is -2.62. The Labute approximate surface area is 90.7 Å². The molecule has 0 spiro atoms. The lowest BCUT2D eigenvalue weighted by Gasteiger charge is -2.23. The van der Waals surface area contributed by atoms with Gasteiger partial charge in [-0.15, -0.1) is 0 Å². The van der Waals surface area contributed by atoms with E-state index in [1.54, 1.807) is 0 Å². The van der Waals surface area contributed by atoms with Crippen molar-refractivity contribution in [1.29, 1.82) is 0 Å². The number of carbonyl (C=O) groups excluding carboxylic acids is 1. The van der Waals surface area contributed by atoms with Gasteiger partial charge in [-0.2, -0.15) is 0 Å². The highest BCUT2D eigenvalue weighted by Gasteiger charge is 2.37. The average Bonchev–Trinajstić information content (AvgIpc) is 2.55. The number of benzene rings is 1. The zero-order chi connectivity index (χ0) is 11.9.